The Morgan fingerprint density at radius 1 is 1.25 bits per heavy atom. The van der Waals surface area contributed by atoms with Gasteiger partial charge in [0.1, 0.15) is 0 Å². The molecule has 0 radical (unpaired) electrons. The standard InChI is InChI=1S/C11H12N2O2S/c14-10-8-16-11(15)13(10)7-6-12-9-4-2-1-3-5-9/h1-5,12H,6-8H2. The van der Waals surface area contributed by atoms with E-state index in [4.69, 9.17) is 0 Å². The summed E-state index contributed by atoms with van der Waals surface area (Å²) in [6.07, 6.45) is 0. The summed E-state index contributed by atoms with van der Waals surface area (Å²) < 4.78 is 0. The number of imide groups is 1. The maximum Gasteiger partial charge on any atom is 0.288 e. The second-order valence-corrected chi connectivity index (χ2v) is 4.32. The fourth-order valence-corrected chi connectivity index (χ4v) is 2.22. The molecule has 2 rings (SSSR count). The number of carbonyl (C=O) groups is 2. The molecule has 1 fully saturated rings. The van der Waals surface area contributed by atoms with E-state index >= 15 is 0 Å². The average molecular weight is 236 g/mol. The number of hydrogen-bond acceptors (Lipinski definition) is 4. The molecule has 1 aromatic carbocycles. The molecule has 0 unspecified atom stereocenters. The summed E-state index contributed by atoms with van der Waals surface area (Å²) in [5.74, 6) is 0.189. The number of benzene rings is 1. The van der Waals surface area contributed by atoms with Crippen LogP contribution < -0.4 is 5.32 Å². The quantitative estimate of drug-likeness (QED) is 0.866. The summed E-state index contributed by atoms with van der Waals surface area (Å²) in [7, 11) is 0. The summed E-state index contributed by atoms with van der Waals surface area (Å²) in [6.45, 7) is 1.02. The first-order valence-corrected chi connectivity index (χ1v) is 6.02. The van der Waals surface area contributed by atoms with Gasteiger partial charge >= 0.3 is 0 Å². The fraction of sp³-hybridized carbons (Fsp3) is 0.273. The normalized spacial score (nSPS) is 15.6. The van der Waals surface area contributed by atoms with Gasteiger partial charge in [-0.2, -0.15) is 0 Å². The molecule has 0 bridgehead atoms. The monoisotopic (exact) mass is 236 g/mol. The third-order valence-corrected chi connectivity index (χ3v) is 3.14. The van der Waals surface area contributed by atoms with Gasteiger partial charge in [-0.1, -0.05) is 30.0 Å². The maximum absolute atomic E-state index is 11.3. The van der Waals surface area contributed by atoms with Crippen LogP contribution in [0.4, 0.5) is 10.5 Å². The molecule has 2 amide bonds. The second-order valence-electron chi connectivity index (χ2n) is 3.39. The number of amides is 2. The first kappa shape index (κ1) is 11.0. The molecule has 5 heteroatoms. The molecule has 1 saturated heterocycles. The van der Waals surface area contributed by atoms with Crippen LogP contribution in [0.5, 0.6) is 0 Å². The smallest absolute Gasteiger partial charge is 0.288 e. The Bertz CT molecular complexity index is 378. The van der Waals surface area contributed by atoms with Crippen LogP contribution in [0.15, 0.2) is 30.3 Å². The Kier molecular flexibility index (Phi) is 3.46. The summed E-state index contributed by atoms with van der Waals surface area (Å²) in [4.78, 5) is 23.8. The summed E-state index contributed by atoms with van der Waals surface area (Å²) >= 11 is 1.07. The fourth-order valence-electron chi connectivity index (χ4n) is 1.47. The summed E-state index contributed by atoms with van der Waals surface area (Å²) in [5.41, 5.74) is 0.995. The minimum absolute atomic E-state index is 0.0927. The SMILES string of the molecule is O=C1CSC(=O)N1CCNc1ccccc1. The van der Waals surface area contributed by atoms with Crippen LogP contribution in [-0.2, 0) is 4.79 Å². The lowest BCUT2D eigenvalue weighted by molar-refractivity contribution is -0.124. The Balaban J connectivity index is 1.80. The minimum atomic E-state index is -0.139. The summed E-state index contributed by atoms with van der Waals surface area (Å²) in [6, 6.07) is 9.70. The van der Waals surface area contributed by atoms with Gasteiger partial charge < -0.3 is 5.32 Å². The molecule has 0 aliphatic carbocycles. The van der Waals surface area contributed by atoms with Crippen LogP contribution in [0.3, 0.4) is 0 Å². The Morgan fingerprint density at radius 2 is 2.00 bits per heavy atom. The van der Waals surface area contributed by atoms with Crippen molar-refractivity contribution in [3.05, 3.63) is 30.3 Å². The van der Waals surface area contributed by atoms with E-state index in [0.717, 1.165) is 17.4 Å². The lowest BCUT2D eigenvalue weighted by atomic mass is 10.3. The van der Waals surface area contributed by atoms with Crippen molar-refractivity contribution in [3.8, 4) is 0 Å². The molecule has 1 aliphatic heterocycles. The summed E-state index contributed by atoms with van der Waals surface area (Å²) in [5, 5.41) is 3.02. The first-order chi connectivity index (χ1) is 7.77. The molecular weight excluding hydrogens is 224 g/mol. The number of rotatable bonds is 4. The number of para-hydroxylation sites is 1. The van der Waals surface area contributed by atoms with Crippen LogP contribution in [0.2, 0.25) is 0 Å². The molecule has 0 spiro atoms. The lowest BCUT2D eigenvalue weighted by Gasteiger charge is -2.13. The molecule has 1 N–H and O–H groups in total. The van der Waals surface area contributed by atoms with Crippen molar-refractivity contribution in [1.29, 1.82) is 0 Å². The largest absolute Gasteiger partial charge is 0.383 e. The van der Waals surface area contributed by atoms with Crippen molar-refractivity contribution in [2.45, 2.75) is 0 Å². The van der Waals surface area contributed by atoms with Crippen molar-refractivity contribution in [3.63, 3.8) is 0 Å². The van der Waals surface area contributed by atoms with E-state index in [-0.39, 0.29) is 16.9 Å². The molecule has 1 heterocycles. The van der Waals surface area contributed by atoms with Gasteiger partial charge in [-0.3, -0.25) is 14.5 Å². The Morgan fingerprint density at radius 3 is 2.62 bits per heavy atom. The molecule has 1 aliphatic rings. The average Bonchev–Trinajstić information content (AvgIpc) is 2.62. The lowest BCUT2D eigenvalue weighted by Crippen LogP contribution is -2.33. The van der Waals surface area contributed by atoms with E-state index in [0.29, 0.717) is 13.1 Å². The van der Waals surface area contributed by atoms with Crippen molar-refractivity contribution >= 4 is 28.6 Å². The zero-order valence-electron chi connectivity index (χ0n) is 8.68. The third kappa shape index (κ3) is 2.55. The van der Waals surface area contributed by atoms with Gasteiger partial charge in [-0.25, -0.2) is 0 Å². The Labute approximate surface area is 98.0 Å². The van der Waals surface area contributed by atoms with Gasteiger partial charge in [-0.05, 0) is 12.1 Å². The first-order valence-electron chi connectivity index (χ1n) is 5.03. The molecule has 0 atom stereocenters. The minimum Gasteiger partial charge on any atom is -0.383 e. The van der Waals surface area contributed by atoms with E-state index in [1.165, 1.54) is 4.90 Å². The number of nitrogens with one attached hydrogen (secondary N) is 1. The Hall–Kier alpha value is -1.49. The molecule has 0 aromatic heterocycles. The van der Waals surface area contributed by atoms with Gasteiger partial charge in [0.2, 0.25) is 5.91 Å². The zero-order valence-corrected chi connectivity index (χ0v) is 9.50. The van der Waals surface area contributed by atoms with Crippen LogP contribution >= 0.6 is 11.8 Å². The van der Waals surface area contributed by atoms with Crippen LogP contribution in [0, 0.1) is 0 Å². The number of nitrogens with zero attached hydrogens (tertiary/aromatic N) is 1. The van der Waals surface area contributed by atoms with Crippen molar-refractivity contribution < 1.29 is 9.59 Å². The molecule has 0 saturated carbocycles. The molecule has 4 nitrogen and oxygen atoms in total. The highest BCUT2D eigenvalue weighted by atomic mass is 32.2. The van der Waals surface area contributed by atoms with E-state index in [1.54, 1.807) is 0 Å². The number of thioether (sulfide) groups is 1. The second kappa shape index (κ2) is 5.03. The van der Waals surface area contributed by atoms with Gasteiger partial charge in [0.05, 0.1) is 5.75 Å². The molecule has 84 valence electrons. The van der Waals surface area contributed by atoms with Crippen LogP contribution in [0.1, 0.15) is 0 Å². The number of carbonyl (C=O) groups excluding carboxylic acids is 2. The van der Waals surface area contributed by atoms with Gasteiger partial charge in [0, 0.05) is 18.8 Å². The van der Waals surface area contributed by atoms with E-state index in [9.17, 15) is 9.59 Å². The van der Waals surface area contributed by atoms with Crippen molar-refractivity contribution in [1.82, 2.24) is 4.90 Å². The number of anilines is 1. The molecular formula is C11H12N2O2S. The highest BCUT2D eigenvalue weighted by Crippen LogP contribution is 2.18. The van der Waals surface area contributed by atoms with Crippen LogP contribution in [0.25, 0.3) is 0 Å². The van der Waals surface area contributed by atoms with Gasteiger partial charge in [0.25, 0.3) is 5.24 Å². The highest BCUT2D eigenvalue weighted by molar-refractivity contribution is 8.14. The maximum atomic E-state index is 11.3. The van der Waals surface area contributed by atoms with E-state index in [2.05, 4.69) is 5.32 Å². The van der Waals surface area contributed by atoms with E-state index < -0.39 is 0 Å². The van der Waals surface area contributed by atoms with E-state index in [1.807, 2.05) is 30.3 Å². The molecule has 1 aromatic rings. The third-order valence-electron chi connectivity index (χ3n) is 2.28. The predicted molar refractivity (Wildman–Crippen MR) is 64.5 cm³/mol. The predicted octanol–water partition coefficient (Wildman–Crippen LogP) is 1.79. The van der Waals surface area contributed by atoms with Gasteiger partial charge in [-0.15, -0.1) is 0 Å². The topological polar surface area (TPSA) is 49.4 Å². The zero-order chi connectivity index (χ0) is 11.4. The van der Waals surface area contributed by atoms with Crippen molar-refractivity contribution in [2.24, 2.45) is 0 Å². The number of hydrogen-bond donors (Lipinski definition) is 1. The van der Waals surface area contributed by atoms with Crippen LogP contribution in [-0.4, -0.2) is 34.9 Å². The van der Waals surface area contributed by atoms with Crippen molar-refractivity contribution in [2.75, 3.05) is 24.2 Å². The van der Waals surface area contributed by atoms with Gasteiger partial charge in [0.15, 0.2) is 0 Å². The molecule has 16 heavy (non-hydrogen) atoms. The highest BCUT2D eigenvalue weighted by Gasteiger charge is 2.28.